The zero-order chi connectivity index (χ0) is 13.0. The Bertz CT molecular complexity index is 379. The maximum atomic E-state index is 13.3. The van der Waals surface area contributed by atoms with Gasteiger partial charge in [0.15, 0.2) is 0 Å². The molecular formula is C15H22FNO. The second kappa shape index (κ2) is 6.30. The fraction of sp³-hybridized carbons (Fsp3) is 0.600. The van der Waals surface area contributed by atoms with Crippen LogP contribution in [-0.4, -0.2) is 12.6 Å². The molecule has 1 saturated carbocycles. The van der Waals surface area contributed by atoms with Crippen LogP contribution >= 0.6 is 0 Å². The number of rotatable bonds is 7. The van der Waals surface area contributed by atoms with Crippen molar-refractivity contribution in [3.63, 3.8) is 0 Å². The van der Waals surface area contributed by atoms with E-state index in [9.17, 15) is 4.39 Å². The number of benzene rings is 1. The molecule has 3 heteroatoms. The van der Waals surface area contributed by atoms with Crippen molar-refractivity contribution in [1.29, 1.82) is 0 Å². The number of hydrogen-bond donors (Lipinski definition) is 1. The Labute approximate surface area is 108 Å². The van der Waals surface area contributed by atoms with Crippen LogP contribution in [0.5, 0.6) is 0 Å². The summed E-state index contributed by atoms with van der Waals surface area (Å²) in [6.07, 6.45) is 4.39. The molecule has 0 aromatic heterocycles. The van der Waals surface area contributed by atoms with Gasteiger partial charge in [-0.05, 0) is 36.5 Å². The maximum Gasteiger partial charge on any atom is 0.123 e. The number of hydrogen-bond acceptors (Lipinski definition) is 2. The monoisotopic (exact) mass is 251 g/mol. The standard InChI is InChI=1S/C15H22FNO/c1-2-14(17)15(18-9-8-11-6-7-11)12-4-3-5-13(16)10-12/h3-5,10-11,14-15H,2,6-9,17H2,1H3. The van der Waals surface area contributed by atoms with Crippen LogP contribution in [0.4, 0.5) is 4.39 Å². The van der Waals surface area contributed by atoms with E-state index in [0.717, 1.165) is 30.9 Å². The second-order valence-corrected chi connectivity index (χ2v) is 5.15. The van der Waals surface area contributed by atoms with Crippen molar-refractivity contribution in [2.24, 2.45) is 11.7 Å². The first kappa shape index (κ1) is 13.5. The van der Waals surface area contributed by atoms with Crippen molar-refractivity contribution in [3.05, 3.63) is 35.6 Å². The van der Waals surface area contributed by atoms with E-state index in [1.54, 1.807) is 6.07 Å². The van der Waals surface area contributed by atoms with Gasteiger partial charge >= 0.3 is 0 Å². The summed E-state index contributed by atoms with van der Waals surface area (Å²) in [6, 6.07) is 6.50. The molecule has 0 aliphatic heterocycles. The third-order valence-corrected chi connectivity index (χ3v) is 3.56. The zero-order valence-corrected chi connectivity index (χ0v) is 10.9. The SMILES string of the molecule is CCC(N)C(OCCC1CC1)c1cccc(F)c1. The average molecular weight is 251 g/mol. The summed E-state index contributed by atoms with van der Waals surface area (Å²) in [5.74, 6) is 0.614. The molecule has 1 fully saturated rings. The second-order valence-electron chi connectivity index (χ2n) is 5.15. The first-order valence-electron chi connectivity index (χ1n) is 6.83. The van der Waals surface area contributed by atoms with Gasteiger partial charge in [-0.1, -0.05) is 31.9 Å². The minimum atomic E-state index is -0.230. The molecule has 0 bridgehead atoms. The molecule has 0 radical (unpaired) electrons. The van der Waals surface area contributed by atoms with Crippen LogP contribution in [0.1, 0.15) is 44.3 Å². The van der Waals surface area contributed by atoms with Crippen LogP contribution in [0.2, 0.25) is 0 Å². The Morgan fingerprint density at radius 3 is 2.83 bits per heavy atom. The Morgan fingerprint density at radius 1 is 1.44 bits per heavy atom. The summed E-state index contributed by atoms with van der Waals surface area (Å²) in [5.41, 5.74) is 6.93. The molecule has 0 amide bonds. The molecule has 1 aromatic carbocycles. The third-order valence-electron chi connectivity index (χ3n) is 3.56. The van der Waals surface area contributed by atoms with Gasteiger partial charge in [0.05, 0.1) is 6.10 Å². The van der Waals surface area contributed by atoms with E-state index in [4.69, 9.17) is 10.5 Å². The summed E-state index contributed by atoms with van der Waals surface area (Å²) >= 11 is 0. The van der Waals surface area contributed by atoms with Crippen LogP contribution in [0.3, 0.4) is 0 Å². The lowest BCUT2D eigenvalue weighted by molar-refractivity contribution is 0.0298. The van der Waals surface area contributed by atoms with E-state index in [1.165, 1.54) is 25.0 Å². The predicted molar refractivity (Wildman–Crippen MR) is 70.7 cm³/mol. The lowest BCUT2D eigenvalue weighted by atomic mass is 10.0. The molecule has 0 heterocycles. The van der Waals surface area contributed by atoms with Gasteiger partial charge in [0.25, 0.3) is 0 Å². The van der Waals surface area contributed by atoms with Crippen LogP contribution in [0.15, 0.2) is 24.3 Å². The first-order chi connectivity index (χ1) is 8.70. The lowest BCUT2D eigenvalue weighted by Crippen LogP contribution is -2.30. The number of ether oxygens (including phenoxy) is 1. The molecule has 2 rings (SSSR count). The Morgan fingerprint density at radius 2 is 2.22 bits per heavy atom. The highest BCUT2D eigenvalue weighted by molar-refractivity contribution is 5.20. The summed E-state index contributed by atoms with van der Waals surface area (Å²) in [5, 5.41) is 0. The highest BCUT2D eigenvalue weighted by Crippen LogP contribution is 2.33. The van der Waals surface area contributed by atoms with Gasteiger partial charge in [-0.3, -0.25) is 0 Å². The van der Waals surface area contributed by atoms with Gasteiger partial charge in [-0.2, -0.15) is 0 Å². The highest BCUT2D eigenvalue weighted by atomic mass is 19.1. The molecular weight excluding hydrogens is 229 g/mol. The van der Waals surface area contributed by atoms with E-state index >= 15 is 0 Å². The van der Waals surface area contributed by atoms with Gasteiger partial charge in [-0.25, -0.2) is 4.39 Å². The van der Waals surface area contributed by atoms with Crippen molar-refractivity contribution in [1.82, 2.24) is 0 Å². The molecule has 0 saturated heterocycles. The van der Waals surface area contributed by atoms with E-state index in [0.29, 0.717) is 0 Å². The van der Waals surface area contributed by atoms with Gasteiger partial charge in [0.2, 0.25) is 0 Å². The fourth-order valence-electron chi connectivity index (χ4n) is 2.13. The summed E-state index contributed by atoms with van der Waals surface area (Å²) < 4.78 is 19.2. The molecule has 2 N–H and O–H groups in total. The molecule has 2 unspecified atom stereocenters. The van der Waals surface area contributed by atoms with Crippen molar-refractivity contribution >= 4 is 0 Å². The van der Waals surface area contributed by atoms with Gasteiger partial charge in [0, 0.05) is 12.6 Å². The molecule has 2 atom stereocenters. The first-order valence-corrected chi connectivity index (χ1v) is 6.83. The molecule has 2 nitrogen and oxygen atoms in total. The van der Waals surface area contributed by atoms with Crippen molar-refractivity contribution in [3.8, 4) is 0 Å². The topological polar surface area (TPSA) is 35.2 Å². The van der Waals surface area contributed by atoms with E-state index in [2.05, 4.69) is 0 Å². The van der Waals surface area contributed by atoms with E-state index in [-0.39, 0.29) is 18.0 Å². The average Bonchev–Trinajstić information content (AvgIpc) is 3.18. The molecule has 1 aliphatic rings. The van der Waals surface area contributed by atoms with Crippen LogP contribution in [-0.2, 0) is 4.74 Å². The van der Waals surface area contributed by atoms with Crippen LogP contribution in [0, 0.1) is 11.7 Å². The Balaban J connectivity index is 1.98. The lowest BCUT2D eigenvalue weighted by Gasteiger charge is -2.24. The number of halogens is 1. The Kier molecular flexibility index (Phi) is 4.72. The molecule has 1 aliphatic carbocycles. The minimum absolute atomic E-state index is 0.0778. The zero-order valence-electron chi connectivity index (χ0n) is 10.9. The van der Waals surface area contributed by atoms with Crippen LogP contribution in [0.25, 0.3) is 0 Å². The van der Waals surface area contributed by atoms with Gasteiger partial charge in [-0.15, -0.1) is 0 Å². The number of nitrogens with two attached hydrogens (primary N) is 1. The van der Waals surface area contributed by atoms with Crippen molar-refractivity contribution < 1.29 is 9.13 Å². The highest BCUT2D eigenvalue weighted by Gasteiger charge is 2.23. The molecule has 18 heavy (non-hydrogen) atoms. The quantitative estimate of drug-likeness (QED) is 0.806. The Hall–Kier alpha value is -0.930. The predicted octanol–water partition coefficient (Wildman–Crippen LogP) is 3.42. The van der Waals surface area contributed by atoms with Crippen molar-refractivity contribution in [2.45, 2.75) is 44.8 Å². The summed E-state index contributed by atoms with van der Waals surface area (Å²) in [7, 11) is 0. The smallest absolute Gasteiger partial charge is 0.123 e. The van der Waals surface area contributed by atoms with Gasteiger partial charge in [0.1, 0.15) is 5.82 Å². The molecule has 1 aromatic rings. The van der Waals surface area contributed by atoms with Gasteiger partial charge < -0.3 is 10.5 Å². The van der Waals surface area contributed by atoms with Crippen molar-refractivity contribution in [2.75, 3.05) is 6.61 Å². The minimum Gasteiger partial charge on any atom is -0.372 e. The third kappa shape index (κ3) is 3.79. The normalized spacial score (nSPS) is 18.6. The van der Waals surface area contributed by atoms with E-state index in [1.807, 2.05) is 13.0 Å². The maximum absolute atomic E-state index is 13.3. The largest absolute Gasteiger partial charge is 0.372 e. The van der Waals surface area contributed by atoms with Crippen LogP contribution < -0.4 is 5.73 Å². The fourth-order valence-corrected chi connectivity index (χ4v) is 2.13. The van der Waals surface area contributed by atoms with E-state index < -0.39 is 0 Å². The summed E-state index contributed by atoms with van der Waals surface area (Å²) in [6.45, 7) is 2.75. The molecule has 0 spiro atoms. The summed E-state index contributed by atoms with van der Waals surface area (Å²) in [4.78, 5) is 0. The molecule has 100 valence electrons.